The minimum absolute atomic E-state index is 0.636. The van der Waals surface area contributed by atoms with Gasteiger partial charge in [-0.3, -0.25) is 4.68 Å². The van der Waals surface area contributed by atoms with E-state index in [2.05, 4.69) is 23.6 Å². The van der Waals surface area contributed by atoms with E-state index >= 15 is 0 Å². The minimum Gasteiger partial charge on any atom is -0.326 e. The van der Waals surface area contributed by atoms with E-state index < -0.39 is 0 Å². The number of aromatic nitrogens is 2. The van der Waals surface area contributed by atoms with Gasteiger partial charge in [0.25, 0.3) is 0 Å². The van der Waals surface area contributed by atoms with Gasteiger partial charge in [0.15, 0.2) is 0 Å². The lowest BCUT2D eigenvalue weighted by atomic mass is 10.1. The van der Waals surface area contributed by atoms with Crippen LogP contribution >= 0.6 is 0 Å². The Balaban J connectivity index is 2.29. The van der Waals surface area contributed by atoms with Gasteiger partial charge < -0.3 is 5.73 Å². The van der Waals surface area contributed by atoms with Crippen molar-refractivity contribution < 1.29 is 0 Å². The molecule has 0 unspecified atom stereocenters. The predicted molar refractivity (Wildman–Crippen MR) is 61.6 cm³/mol. The van der Waals surface area contributed by atoms with E-state index in [1.807, 2.05) is 0 Å². The first-order valence-electron chi connectivity index (χ1n) is 6.07. The first kappa shape index (κ1) is 10.7. The summed E-state index contributed by atoms with van der Waals surface area (Å²) in [6.45, 7) is 6.09. The zero-order valence-corrected chi connectivity index (χ0v) is 9.79. The van der Waals surface area contributed by atoms with Gasteiger partial charge in [-0.25, -0.2) is 0 Å². The molecule has 0 spiro atoms. The quantitative estimate of drug-likeness (QED) is 0.801. The Morgan fingerprint density at radius 1 is 1.33 bits per heavy atom. The van der Waals surface area contributed by atoms with Gasteiger partial charge in [0.05, 0.1) is 5.69 Å². The number of nitrogens with two attached hydrogens (primary N) is 1. The lowest BCUT2D eigenvalue weighted by molar-refractivity contribution is 0.536. The third kappa shape index (κ3) is 2.07. The van der Waals surface area contributed by atoms with Crippen LogP contribution in [0.5, 0.6) is 0 Å². The largest absolute Gasteiger partial charge is 0.326 e. The smallest absolute Gasteiger partial charge is 0.0669 e. The number of nitrogens with zero attached hydrogens (tertiary/aromatic N) is 2. The molecule has 1 fully saturated rings. The van der Waals surface area contributed by atoms with E-state index in [0.29, 0.717) is 6.54 Å². The van der Waals surface area contributed by atoms with E-state index in [-0.39, 0.29) is 0 Å². The minimum atomic E-state index is 0.636. The molecular formula is C12H21N3. The van der Waals surface area contributed by atoms with E-state index in [1.54, 1.807) is 0 Å². The van der Waals surface area contributed by atoms with Crippen LogP contribution < -0.4 is 5.73 Å². The highest BCUT2D eigenvalue weighted by Crippen LogP contribution is 2.31. The van der Waals surface area contributed by atoms with Gasteiger partial charge in [0.2, 0.25) is 0 Å². The fraction of sp³-hybridized carbons (Fsp3) is 0.750. The van der Waals surface area contributed by atoms with Crippen LogP contribution in [-0.4, -0.2) is 9.78 Å². The molecule has 1 aromatic heterocycles. The predicted octanol–water partition coefficient (Wildman–Crippen LogP) is 1.88. The van der Waals surface area contributed by atoms with Gasteiger partial charge in [0, 0.05) is 24.3 Å². The van der Waals surface area contributed by atoms with Gasteiger partial charge >= 0.3 is 0 Å². The van der Waals surface area contributed by atoms with E-state index in [9.17, 15) is 0 Å². The number of aryl methyl sites for hydroxylation is 1. The molecule has 1 aliphatic rings. The zero-order chi connectivity index (χ0) is 10.8. The van der Waals surface area contributed by atoms with Gasteiger partial charge in [-0.05, 0) is 31.6 Å². The van der Waals surface area contributed by atoms with Crippen molar-refractivity contribution in [2.75, 3.05) is 0 Å². The summed E-state index contributed by atoms with van der Waals surface area (Å²) in [4.78, 5) is 0. The topological polar surface area (TPSA) is 43.8 Å². The average molecular weight is 207 g/mol. The third-order valence-corrected chi connectivity index (χ3v) is 3.25. The Kier molecular flexibility index (Phi) is 3.10. The Hall–Kier alpha value is -0.830. The molecule has 15 heavy (non-hydrogen) atoms. The molecule has 1 aliphatic carbocycles. The molecule has 3 nitrogen and oxygen atoms in total. The van der Waals surface area contributed by atoms with Crippen molar-refractivity contribution in [1.82, 2.24) is 9.78 Å². The summed E-state index contributed by atoms with van der Waals surface area (Å²) in [5.74, 6) is 0.880. The fourth-order valence-corrected chi connectivity index (χ4v) is 2.20. The summed E-state index contributed by atoms with van der Waals surface area (Å²) in [6, 6.07) is 0. The number of hydrogen-bond donors (Lipinski definition) is 1. The van der Waals surface area contributed by atoms with Crippen LogP contribution in [0.3, 0.4) is 0 Å². The molecule has 0 aliphatic heterocycles. The van der Waals surface area contributed by atoms with E-state index in [4.69, 9.17) is 5.73 Å². The Labute approximate surface area is 91.7 Å². The molecule has 84 valence electrons. The summed E-state index contributed by atoms with van der Waals surface area (Å²) >= 11 is 0. The van der Waals surface area contributed by atoms with Crippen LogP contribution in [0.15, 0.2) is 0 Å². The first-order chi connectivity index (χ1) is 7.30. The van der Waals surface area contributed by atoms with Gasteiger partial charge in [0.1, 0.15) is 0 Å². The molecule has 0 saturated heterocycles. The van der Waals surface area contributed by atoms with Crippen molar-refractivity contribution in [3.8, 4) is 0 Å². The lowest BCUT2D eigenvalue weighted by Gasteiger charge is -2.05. The molecule has 3 heteroatoms. The second-order valence-corrected chi connectivity index (χ2v) is 4.41. The van der Waals surface area contributed by atoms with Crippen LogP contribution in [-0.2, 0) is 25.9 Å². The van der Waals surface area contributed by atoms with Crippen molar-refractivity contribution in [2.24, 2.45) is 11.7 Å². The average Bonchev–Trinajstić information content (AvgIpc) is 2.98. The van der Waals surface area contributed by atoms with Crippen molar-refractivity contribution in [3.63, 3.8) is 0 Å². The van der Waals surface area contributed by atoms with Gasteiger partial charge in [-0.1, -0.05) is 13.8 Å². The van der Waals surface area contributed by atoms with Crippen LogP contribution in [0.2, 0.25) is 0 Å². The Morgan fingerprint density at radius 3 is 2.53 bits per heavy atom. The molecule has 1 saturated carbocycles. The molecule has 0 bridgehead atoms. The Morgan fingerprint density at radius 2 is 2.07 bits per heavy atom. The number of hydrogen-bond acceptors (Lipinski definition) is 2. The zero-order valence-electron chi connectivity index (χ0n) is 9.79. The standard InChI is InChI=1S/C12H21N3/c1-3-11-10(7-13)12(4-2)15(14-11)8-9-5-6-9/h9H,3-8,13H2,1-2H3. The van der Waals surface area contributed by atoms with Crippen LogP contribution in [0, 0.1) is 5.92 Å². The summed E-state index contributed by atoms with van der Waals surface area (Å²) in [5, 5.41) is 4.69. The molecule has 1 aromatic rings. The fourth-order valence-electron chi connectivity index (χ4n) is 2.20. The van der Waals surface area contributed by atoms with Crippen molar-refractivity contribution >= 4 is 0 Å². The van der Waals surface area contributed by atoms with E-state index in [1.165, 1.54) is 29.8 Å². The highest BCUT2D eigenvalue weighted by atomic mass is 15.3. The maximum absolute atomic E-state index is 5.81. The molecule has 1 heterocycles. The van der Waals surface area contributed by atoms with Crippen LogP contribution in [0.4, 0.5) is 0 Å². The molecular weight excluding hydrogens is 186 g/mol. The third-order valence-electron chi connectivity index (χ3n) is 3.25. The summed E-state index contributed by atoms with van der Waals surface area (Å²) in [6.07, 6.45) is 4.80. The van der Waals surface area contributed by atoms with Gasteiger partial charge in [-0.2, -0.15) is 5.10 Å². The molecule has 0 amide bonds. The SMILES string of the molecule is CCc1nn(CC2CC2)c(CC)c1CN. The summed E-state index contributed by atoms with van der Waals surface area (Å²) < 4.78 is 2.21. The monoisotopic (exact) mass is 207 g/mol. The summed E-state index contributed by atoms with van der Waals surface area (Å²) in [5.41, 5.74) is 9.67. The van der Waals surface area contributed by atoms with E-state index in [0.717, 1.165) is 25.3 Å². The summed E-state index contributed by atoms with van der Waals surface area (Å²) in [7, 11) is 0. The first-order valence-corrected chi connectivity index (χ1v) is 6.07. The van der Waals surface area contributed by atoms with Crippen molar-refractivity contribution in [2.45, 2.75) is 52.6 Å². The second kappa shape index (κ2) is 4.35. The van der Waals surface area contributed by atoms with Gasteiger partial charge in [-0.15, -0.1) is 0 Å². The lowest BCUT2D eigenvalue weighted by Crippen LogP contribution is -2.08. The van der Waals surface area contributed by atoms with Crippen LogP contribution in [0.25, 0.3) is 0 Å². The normalized spacial score (nSPS) is 15.9. The maximum Gasteiger partial charge on any atom is 0.0669 e. The molecule has 2 rings (SSSR count). The second-order valence-electron chi connectivity index (χ2n) is 4.41. The Bertz CT molecular complexity index is 337. The maximum atomic E-state index is 5.81. The molecule has 0 aromatic carbocycles. The molecule has 0 radical (unpaired) electrons. The van der Waals surface area contributed by atoms with Crippen LogP contribution in [0.1, 0.15) is 43.6 Å². The molecule has 0 atom stereocenters. The highest BCUT2D eigenvalue weighted by molar-refractivity contribution is 5.26. The number of rotatable bonds is 5. The molecule has 2 N–H and O–H groups in total. The van der Waals surface area contributed by atoms with Crippen molar-refractivity contribution in [3.05, 3.63) is 17.0 Å². The highest BCUT2D eigenvalue weighted by Gasteiger charge is 2.24. The van der Waals surface area contributed by atoms with Crippen molar-refractivity contribution in [1.29, 1.82) is 0 Å².